The average molecular weight is 290 g/mol. The van der Waals surface area contributed by atoms with Gasteiger partial charge in [0.15, 0.2) is 11.5 Å². The first-order chi connectivity index (χ1) is 10.1. The van der Waals surface area contributed by atoms with Crippen LogP contribution in [0.25, 0.3) is 5.65 Å². The van der Waals surface area contributed by atoms with Crippen molar-refractivity contribution in [2.45, 2.75) is 6.04 Å². The predicted octanol–water partition coefficient (Wildman–Crippen LogP) is -0.277. The molecule has 0 bridgehead atoms. The second kappa shape index (κ2) is 5.06. The Labute approximate surface area is 119 Å². The van der Waals surface area contributed by atoms with Gasteiger partial charge in [-0.3, -0.25) is 9.20 Å². The maximum atomic E-state index is 11.6. The number of fused-ring (bicyclic) bond motifs is 1. The lowest BCUT2D eigenvalue weighted by molar-refractivity contribution is -0.121. The number of morpholine rings is 1. The van der Waals surface area contributed by atoms with Crippen LogP contribution in [0.5, 0.6) is 0 Å². The summed E-state index contributed by atoms with van der Waals surface area (Å²) in [7, 11) is 0. The number of carboxylic acid groups (broad SMARTS) is 1. The van der Waals surface area contributed by atoms with Gasteiger partial charge in [-0.2, -0.15) is 0 Å². The molecule has 3 N–H and O–H groups in total. The second-order valence-electron chi connectivity index (χ2n) is 4.70. The monoisotopic (exact) mass is 290 g/mol. The van der Waals surface area contributed by atoms with Crippen molar-refractivity contribution in [1.29, 1.82) is 0 Å². The lowest BCUT2D eigenvalue weighted by atomic mass is 10.2. The number of hydrogen-bond acceptors (Lipinski definition) is 5. The van der Waals surface area contributed by atoms with Crippen molar-refractivity contribution >= 4 is 23.3 Å². The van der Waals surface area contributed by atoms with Gasteiger partial charge in [0.05, 0.1) is 13.2 Å². The van der Waals surface area contributed by atoms with E-state index in [9.17, 15) is 14.7 Å². The summed E-state index contributed by atoms with van der Waals surface area (Å²) in [4.78, 5) is 29.1. The van der Waals surface area contributed by atoms with Gasteiger partial charge in [-0.15, -0.1) is 0 Å². The number of imidazole rings is 1. The van der Waals surface area contributed by atoms with E-state index in [1.807, 2.05) is 0 Å². The van der Waals surface area contributed by atoms with Crippen LogP contribution in [0.15, 0.2) is 24.4 Å². The number of carboxylic acids is 1. The molecular weight excluding hydrogens is 276 g/mol. The number of carbonyl (C=O) groups is 2. The predicted molar refractivity (Wildman–Crippen MR) is 73.3 cm³/mol. The van der Waals surface area contributed by atoms with Crippen LogP contribution in [0.2, 0.25) is 0 Å². The highest BCUT2D eigenvalue weighted by molar-refractivity contribution is 5.94. The molecule has 8 nitrogen and oxygen atoms in total. The molecule has 2 aromatic heterocycles. The molecule has 110 valence electrons. The molecule has 1 amide bonds. The first-order valence-electron chi connectivity index (χ1n) is 6.43. The summed E-state index contributed by atoms with van der Waals surface area (Å²) in [6, 6.07) is 4.47. The number of carbonyl (C=O) groups excluding carboxylic acids is 1. The van der Waals surface area contributed by atoms with Crippen LogP contribution >= 0.6 is 0 Å². The highest BCUT2D eigenvalue weighted by atomic mass is 16.5. The van der Waals surface area contributed by atoms with Crippen LogP contribution in [0, 0.1) is 0 Å². The topological polar surface area (TPSA) is 110 Å². The summed E-state index contributed by atoms with van der Waals surface area (Å²) in [6.45, 7) is 0.872. The minimum atomic E-state index is -1.11. The van der Waals surface area contributed by atoms with Gasteiger partial charge in [-0.05, 0) is 12.1 Å². The Morgan fingerprint density at radius 2 is 2.24 bits per heavy atom. The number of amides is 1. The van der Waals surface area contributed by atoms with E-state index in [1.165, 1.54) is 4.40 Å². The molecule has 1 fully saturated rings. The Morgan fingerprint density at radius 3 is 2.95 bits per heavy atom. The van der Waals surface area contributed by atoms with Crippen LogP contribution in [0.1, 0.15) is 10.5 Å². The van der Waals surface area contributed by atoms with E-state index in [0.717, 1.165) is 0 Å². The van der Waals surface area contributed by atoms with Gasteiger partial charge in [0.2, 0.25) is 5.91 Å². The molecule has 3 heterocycles. The van der Waals surface area contributed by atoms with Crippen molar-refractivity contribution < 1.29 is 19.4 Å². The van der Waals surface area contributed by atoms with Crippen LogP contribution in [0.4, 0.5) is 5.82 Å². The third-order valence-electron chi connectivity index (χ3n) is 3.44. The number of nitrogens with zero attached hydrogens (tertiary/aromatic N) is 3. The van der Waals surface area contributed by atoms with Crippen LogP contribution in [0.3, 0.4) is 0 Å². The second-order valence-corrected chi connectivity index (χ2v) is 4.70. The molecule has 1 unspecified atom stereocenters. The van der Waals surface area contributed by atoms with Crippen molar-refractivity contribution in [2.24, 2.45) is 5.73 Å². The molecule has 0 saturated carbocycles. The lowest BCUT2D eigenvalue weighted by Crippen LogP contribution is -2.53. The van der Waals surface area contributed by atoms with Crippen LogP contribution in [-0.2, 0) is 9.53 Å². The quantitative estimate of drug-likeness (QED) is 0.804. The fourth-order valence-electron chi connectivity index (χ4n) is 2.48. The Hall–Kier alpha value is -2.61. The maximum Gasteiger partial charge on any atom is 0.356 e. The molecule has 21 heavy (non-hydrogen) atoms. The largest absolute Gasteiger partial charge is 0.476 e. The fraction of sp³-hybridized carbons (Fsp3) is 0.308. The minimum absolute atomic E-state index is 0.0127. The van der Waals surface area contributed by atoms with Gasteiger partial charge >= 0.3 is 5.97 Å². The van der Waals surface area contributed by atoms with Crippen molar-refractivity contribution in [3.05, 3.63) is 30.1 Å². The number of anilines is 1. The molecule has 2 aromatic rings. The molecular formula is C13H14N4O4. The highest BCUT2D eigenvalue weighted by Gasteiger charge is 2.33. The zero-order valence-electron chi connectivity index (χ0n) is 11.1. The number of nitrogens with two attached hydrogens (primary N) is 1. The Bertz CT molecular complexity index is 711. The average Bonchev–Trinajstić information content (AvgIpc) is 2.86. The molecule has 1 atom stereocenters. The Morgan fingerprint density at radius 1 is 1.43 bits per heavy atom. The van der Waals surface area contributed by atoms with Crippen molar-refractivity contribution in [1.82, 2.24) is 9.38 Å². The van der Waals surface area contributed by atoms with E-state index >= 15 is 0 Å². The number of primary amides is 1. The summed E-state index contributed by atoms with van der Waals surface area (Å²) in [5.41, 5.74) is 5.89. The third-order valence-corrected chi connectivity index (χ3v) is 3.44. The van der Waals surface area contributed by atoms with E-state index < -0.39 is 17.9 Å². The minimum Gasteiger partial charge on any atom is -0.476 e. The first-order valence-corrected chi connectivity index (χ1v) is 6.43. The molecule has 1 aliphatic heterocycles. The molecule has 0 radical (unpaired) electrons. The van der Waals surface area contributed by atoms with Gasteiger partial charge in [0.1, 0.15) is 11.7 Å². The standard InChI is InChI=1S/C13H14N4O4/c14-11(18)8-7-21-6-5-16(8)12-10(13(19)20)17-4-2-1-3-9(17)15-12/h1-4,8H,5-7H2,(H2,14,18)(H,19,20). The van der Waals surface area contributed by atoms with Crippen molar-refractivity contribution in [3.63, 3.8) is 0 Å². The first kappa shape index (κ1) is 13.4. The van der Waals surface area contributed by atoms with Gasteiger partial charge < -0.3 is 20.5 Å². The van der Waals surface area contributed by atoms with E-state index in [2.05, 4.69) is 4.98 Å². The molecule has 0 aliphatic carbocycles. The van der Waals surface area contributed by atoms with Gasteiger partial charge in [-0.25, -0.2) is 9.78 Å². The number of aromatic nitrogens is 2. The number of pyridine rings is 1. The van der Waals surface area contributed by atoms with Crippen molar-refractivity contribution in [2.75, 3.05) is 24.7 Å². The smallest absolute Gasteiger partial charge is 0.356 e. The fourth-order valence-corrected chi connectivity index (χ4v) is 2.48. The normalized spacial score (nSPS) is 18.9. The van der Waals surface area contributed by atoms with Gasteiger partial charge in [-0.1, -0.05) is 6.07 Å². The third kappa shape index (κ3) is 2.19. The van der Waals surface area contributed by atoms with Crippen LogP contribution < -0.4 is 10.6 Å². The zero-order chi connectivity index (χ0) is 15.0. The van der Waals surface area contributed by atoms with E-state index in [4.69, 9.17) is 10.5 Å². The number of ether oxygens (including phenoxy) is 1. The van der Waals surface area contributed by atoms with E-state index in [-0.39, 0.29) is 18.1 Å². The molecule has 0 spiro atoms. The molecule has 0 aromatic carbocycles. The number of aromatic carboxylic acids is 1. The number of rotatable bonds is 3. The van der Waals surface area contributed by atoms with Crippen LogP contribution in [-0.4, -0.2) is 52.2 Å². The molecule has 3 rings (SSSR count). The molecule has 8 heteroatoms. The summed E-state index contributed by atoms with van der Waals surface area (Å²) >= 11 is 0. The van der Waals surface area contributed by atoms with Crippen molar-refractivity contribution in [3.8, 4) is 0 Å². The Kier molecular flexibility index (Phi) is 3.22. The number of hydrogen-bond donors (Lipinski definition) is 2. The highest BCUT2D eigenvalue weighted by Crippen LogP contribution is 2.25. The maximum absolute atomic E-state index is 11.6. The summed E-state index contributed by atoms with van der Waals surface area (Å²) in [5.74, 6) is -1.44. The molecule has 1 aliphatic rings. The lowest BCUT2D eigenvalue weighted by Gasteiger charge is -2.33. The summed E-state index contributed by atoms with van der Waals surface area (Å²) < 4.78 is 6.72. The molecule has 1 saturated heterocycles. The SMILES string of the molecule is NC(=O)C1COCCN1c1nc2ccccn2c1C(=O)O. The zero-order valence-corrected chi connectivity index (χ0v) is 11.1. The van der Waals surface area contributed by atoms with E-state index in [1.54, 1.807) is 29.3 Å². The summed E-state index contributed by atoms with van der Waals surface area (Å²) in [6.07, 6.45) is 1.62. The van der Waals surface area contributed by atoms with Gasteiger partial charge in [0.25, 0.3) is 0 Å². The summed E-state index contributed by atoms with van der Waals surface area (Å²) in [5, 5.41) is 9.47. The Balaban J connectivity index is 2.16. The van der Waals surface area contributed by atoms with Gasteiger partial charge in [0, 0.05) is 12.7 Å². The van der Waals surface area contributed by atoms with E-state index in [0.29, 0.717) is 18.8 Å².